The summed E-state index contributed by atoms with van der Waals surface area (Å²) in [7, 11) is 0. The van der Waals surface area contributed by atoms with Crippen LogP contribution in [-0.4, -0.2) is 17.2 Å². The van der Waals surface area contributed by atoms with Gasteiger partial charge in [0.05, 0.1) is 16.7 Å². The molecule has 4 nitrogen and oxygen atoms in total. The smallest absolute Gasteiger partial charge is 0.264 e. The van der Waals surface area contributed by atoms with Crippen molar-refractivity contribution in [3.63, 3.8) is 0 Å². The fourth-order valence-corrected chi connectivity index (χ4v) is 3.08. The lowest BCUT2D eigenvalue weighted by atomic mass is 10.1. The van der Waals surface area contributed by atoms with Crippen molar-refractivity contribution < 1.29 is 9.53 Å². The molecule has 1 aliphatic rings. The van der Waals surface area contributed by atoms with E-state index in [4.69, 9.17) is 4.74 Å². The number of hydrogen-bond donors (Lipinski definition) is 1. The van der Waals surface area contributed by atoms with Crippen molar-refractivity contribution in [1.82, 2.24) is 5.32 Å². The van der Waals surface area contributed by atoms with Crippen molar-refractivity contribution in [1.29, 1.82) is 0 Å². The summed E-state index contributed by atoms with van der Waals surface area (Å²) in [5.74, 6) is 0.643. The van der Waals surface area contributed by atoms with Gasteiger partial charge in [0.25, 0.3) is 5.91 Å². The highest BCUT2D eigenvalue weighted by Crippen LogP contribution is 2.30. The fraction of sp³-hybridized carbons (Fsp3) is 0.200. The number of nitrogens with one attached hydrogen (secondary N) is 1. The normalized spacial score (nSPS) is 18.4. The minimum atomic E-state index is -0.141. The van der Waals surface area contributed by atoms with E-state index in [1.165, 1.54) is 11.8 Å². The molecule has 0 radical (unpaired) electrons. The number of carbonyl (C=O) groups is 1. The van der Waals surface area contributed by atoms with E-state index in [2.05, 4.69) is 17.2 Å². The third-order valence-electron chi connectivity index (χ3n) is 3.75. The molecule has 25 heavy (non-hydrogen) atoms. The van der Waals surface area contributed by atoms with Gasteiger partial charge in [-0.1, -0.05) is 43.3 Å². The van der Waals surface area contributed by atoms with Crippen LogP contribution in [0.5, 0.6) is 5.75 Å². The third-order valence-corrected chi connectivity index (χ3v) is 4.66. The number of ether oxygens (including phenoxy) is 1. The molecule has 2 aromatic carbocycles. The van der Waals surface area contributed by atoms with Gasteiger partial charge in [0.1, 0.15) is 5.75 Å². The molecule has 0 unspecified atom stereocenters. The van der Waals surface area contributed by atoms with E-state index in [1.54, 1.807) is 0 Å². The Labute approximate surface area is 152 Å². The van der Waals surface area contributed by atoms with Gasteiger partial charge < -0.3 is 10.1 Å². The van der Waals surface area contributed by atoms with E-state index >= 15 is 0 Å². The number of benzene rings is 2. The van der Waals surface area contributed by atoms with Crippen molar-refractivity contribution in [3.8, 4) is 5.75 Å². The highest BCUT2D eigenvalue weighted by molar-refractivity contribution is 8.18. The highest BCUT2D eigenvalue weighted by Gasteiger charge is 2.24. The molecule has 3 rings (SSSR count). The van der Waals surface area contributed by atoms with Crippen LogP contribution >= 0.6 is 11.8 Å². The quantitative estimate of drug-likeness (QED) is 0.790. The van der Waals surface area contributed by atoms with E-state index in [-0.39, 0.29) is 12.0 Å². The van der Waals surface area contributed by atoms with Gasteiger partial charge in [0.2, 0.25) is 0 Å². The van der Waals surface area contributed by atoms with Gasteiger partial charge in [-0.05, 0) is 49.4 Å². The predicted molar refractivity (Wildman–Crippen MR) is 104 cm³/mol. The van der Waals surface area contributed by atoms with Crippen molar-refractivity contribution >= 4 is 34.6 Å². The summed E-state index contributed by atoms with van der Waals surface area (Å²) in [5.41, 5.74) is 1.70. The summed E-state index contributed by atoms with van der Waals surface area (Å²) in [6.07, 6.45) is 2.90. The van der Waals surface area contributed by atoms with Crippen LogP contribution in [0, 0.1) is 0 Å². The molecule has 1 fully saturated rings. The SMILES string of the molecule is CC[C@H](C)Oc1ccccc1/C=C1\SC(=Nc2ccccc2)NC1=O. The van der Waals surface area contributed by atoms with Gasteiger partial charge in [0, 0.05) is 5.56 Å². The van der Waals surface area contributed by atoms with Crippen LogP contribution in [0.4, 0.5) is 5.69 Å². The zero-order valence-electron chi connectivity index (χ0n) is 14.2. The van der Waals surface area contributed by atoms with Gasteiger partial charge in [-0.15, -0.1) is 0 Å². The number of aliphatic imine (C=N–C) groups is 1. The van der Waals surface area contributed by atoms with Gasteiger partial charge >= 0.3 is 0 Å². The Bertz CT molecular complexity index is 815. The van der Waals surface area contributed by atoms with Crippen molar-refractivity contribution in [2.75, 3.05) is 0 Å². The largest absolute Gasteiger partial charge is 0.490 e. The average molecular weight is 352 g/mol. The maximum absolute atomic E-state index is 12.2. The van der Waals surface area contributed by atoms with Crippen molar-refractivity contribution in [3.05, 3.63) is 65.1 Å². The van der Waals surface area contributed by atoms with Crippen LogP contribution in [0.1, 0.15) is 25.8 Å². The molecule has 1 N–H and O–H groups in total. The minimum Gasteiger partial charge on any atom is -0.490 e. The molecule has 1 aliphatic heterocycles. The lowest BCUT2D eigenvalue weighted by molar-refractivity contribution is -0.115. The van der Waals surface area contributed by atoms with Crippen LogP contribution in [0.15, 0.2) is 64.5 Å². The second-order valence-electron chi connectivity index (χ2n) is 5.69. The lowest BCUT2D eigenvalue weighted by Gasteiger charge is -2.14. The van der Waals surface area contributed by atoms with Gasteiger partial charge in [-0.2, -0.15) is 0 Å². The Kier molecular flexibility index (Phi) is 5.56. The summed E-state index contributed by atoms with van der Waals surface area (Å²) >= 11 is 1.34. The molecule has 0 saturated carbocycles. The monoisotopic (exact) mass is 352 g/mol. The van der Waals surface area contributed by atoms with Crippen LogP contribution in [0.2, 0.25) is 0 Å². The third kappa shape index (κ3) is 4.51. The summed E-state index contributed by atoms with van der Waals surface area (Å²) in [6.45, 7) is 4.11. The molecule has 1 saturated heterocycles. The Morgan fingerprint density at radius 2 is 1.88 bits per heavy atom. The molecule has 0 bridgehead atoms. The number of rotatable bonds is 5. The molecule has 0 aromatic heterocycles. The second-order valence-corrected chi connectivity index (χ2v) is 6.72. The Morgan fingerprint density at radius 1 is 1.16 bits per heavy atom. The van der Waals surface area contributed by atoms with Crippen LogP contribution < -0.4 is 10.1 Å². The van der Waals surface area contributed by atoms with Crippen molar-refractivity contribution in [2.45, 2.75) is 26.4 Å². The van der Waals surface area contributed by atoms with Crippen LogP contribution in [0.25, 0.3) is 6.08 Å². The molecule has 5 heteroatoms. The van der Waals surface area contributed by atoms with E-state index in [0.717, 1.165) is 23.4 Å². The van der Waals surface area contributed by atoms with E-state index in [9.17, 15) is 4.79 Å². The fourth-order valence-electron chi connectivity index (χ4n) is 2.25. The molecule has 0 spiro atoms. The van der Waals surface area contributed by atoms with E-state index in [0.29, 0.717) is 10.1 Å². The first-order valence-corrected chi connectivity index (χ1v) is 9.07. The summed E-state index contributed by atoms with van der Waals surface area (Å²) in [5, 5.41) is 3.39. The number of nitrogens with zero attached hydrogens (tertiary/aromatic N) is 1. The number of para-hydroxylation sites is 2. The minimum absolute atomic E-state index is 0.125. The van der Waals surface area contributed by atoms with Crippen LogP contribution in [-0.2, 0) is 4.79 Å². The summed E-state index contributed by atoms with van der Waals surface area (Å²) < 4.78 is 5.95. The number of hydrogen-bond acceptors (Lipinski definition) is 4. The number of amides is 1. The molecule has 128 valence electrons. The Balaban J connectivity index is 1.83. The lowest BCUT2D eigenvalue weighted by Crippen LogP contribution is -2.19. The number of amidine groups is 1. The summed E-state index contributed by atoms with van der Waals surface area (Å²) in [4.78, 5) is 17.3. The maximum Gasteiger partial charge on any atom is 0.264 e. The molecular formula is C20H20N2O2S. The Hall–Kier alpha value is -2.53. The topological polar surface area (TPSA) is 50.7 Å². The maximum atomic E-state index is 12.2. The first-order chi connectivity index (χ1) is 12.2. The van der Waals surface area contributed by atoms with Crippen molar-refractivity contribution in [2.24, 2.45) is 4.99 Å². The predicted octanol–water partition coefficient (Wildman–Crippen LogP) is 4.76. The first kappa shape index (κ1) is 17.3. The Morgan fingerprint density at radius 3 is 2.64 bits per heavy atom. The number of carbonyl (C=O) groups excluding carboxylic acids is 1. The zero-order chi connectivity index (χ0) is 17.6. The molecule has 0 aliphatic carbocycles. The average Bonchev–Trinajstić information content (AvgIpc) is 2.96. The molecular weight excluding hydrogens is 332 g/mol. The van der Waals surface area contributed by atoms with E-state index in [1.807, 2.05) is 67.6 Å². The van der Waals surface area contributed by atoms with Gasteiger partial charge in [-0.3, -0.25) is 4.79 Å². The van der Waals surface area contributed by atoms with Gasteiger partial charge in [-0.25, -0.2) is 4.99 Å². The first-order valence-electron chi connectivity index (χ1n) is 8.26. The van der Waals surface area contributed by atoms with Gasteiger partial charge in [0.15, 0.2) is 5.17 Å². The summed E-state index contributed by atoms with van der Waals surface area (Å²) in [6, 6.07) is 17.3. The molecule has 1 heterocycles. The van der Waals surface area contributed by atoms with E-state index < -0.39 is 0 Å². The van der Waals surface area contributed by atoms with Crippen LogP contribution in [0.3, 0.4) is 0 Å². The zero-order valence-corrected chi connectivity index (χ0v) is 15.0. The number of thioether (sulfide) groups is 1. The standard InChI is InChI=1S/C20H20N2O2S/c1-3-14(2)24-17-12-8-7-9-15(17)13-18-19(23)22-20(25-18)21-16-10-5-4-6-11-16/h4-14H,3H2,1-2H3,(H,21,22,23)/b18-13-/t14-/m0/s1. The molecule has 1 amide bonds. The molecule has 2 aromatic rings. The second kappa shape index (κ2) is 8.03. The molecule has 1 atom stereocenters. The highest BCUT2D eigenvalue weighted by atomic mass is 32.2.